The number of pyridine rings is 1. The van der Waals surface area contributed by atoms with Crippen LogP contribution in [0.4, 0.5) is 0 Å². The van der Waals surface area contributed by atoms with Crippen LogP contribution in [0.15, 0.2) is 46.9 Å². The van der Waals surface area contributed by atoms with Crippen molar-refractivity contribution < 1.29 is 9.53 Å². The fourth-order valence-corrected chi connectivity index (χ4v) is 3.63. The Morgan fingerprint density at radius 3 is 2.89 bits per heavy atom. The molecule has 2 aromatic carbocycles. The van der Waals surface area contributed by atoms with E-state index >= 15 is 0 Å². The number of rotatable bonds is 5. The summed E-state index contributed by atoms with van der Waals surface area (Å²) < 4.78 is 8.62. The van der Waals surface area contributed by atoms with Gasteiger partial charge in [-0.2, -0.15) is 0 Å². The SMILES string of the molecule is O=Cc1cc2ccccc2nc1Oc1ccc2c(nnn2CC2CC2)c1Br. The average Bonchev–Trinajstić information content (AvgIpc) is 3.42. The molecular weight excluding hydrogens is 408 g/mol. The second kappa shape index (κ2) is 6.42. The van der Waals surface area contributed by atoms with Crippen LogP contribution in [-0.4, -0.2) is 26.3 Å². The molecule has 0 atom stereocenters. The topological polar surface area (TPSA) is 69.9 Å². The van der Waals surface area contributed by atoms with Crippen molar-refractivity contribution in [3.05, 3.63) is 52.5 Å². The zero-order valence-corrected chi connectivity index (χ0v) is 15.9. The number of aromatic nitrogens is 4. The van der Waals surface area contributed by atoms with E-state index in [0.717, 1.165) is 34.8 Å². The van der Waals surface area contributed by atoms with Crippen molar-refractivity contribution in [1.82, 2.24) is 20.0 Å². The molecule has 0 bridgehead atoms. The Labute approximate surface area is 163 Å². The molecule has 1 saturated carbocycles. The Morgan fingerprint density at radius 2 is 2.07 bits per heavy atom. The highest BCUT2D eigenvalue weighted by atomic mass is 79.9. The monoisotopic (exact) mass is 422 g/mol. The Kier molecular flexibility index (Phi) is 3.89. The second-order valence-electron chi connectivity index (χ2n) is 6.76. The summed E-state index contributed by atoms with van der Waals surface area (Å²) in [4.78, 5) is 16.0. The first-order valence-electron chi connectivity index (χ1n) is 8.77. The Balaban J connectivity index is 1.55. The number of fused-ring (bicyclic) bond motifs is 2. The van der Waals surface area contributed by atoms with Crippen molar-refractivity contribution in [2.75, 3.05) is 0 Å². The van der Waals surface area contributed by atoms with Crippen LogP contribution in [0, 0.1) is 5.92 Å². The molecule has 1 aliphatic rings. The highest BCUT2D eigenvalue weighted by Gasteiger charge is 2.24. The summed E-state index contributed by atoms with van der Waals surface area (Å²) in [5.74, 6) is 1.53. The largest absolute Gasteiger partial charge is 0.437 e. The third-order valence-electron chi connectivity index (χ3n) is 4.77. The van der Waals surface area contributed by atoms with Gasteiger partial charge in [0.1, 0.15) is 11.3 Å². The molecule has 0 radical (unpaired) electrons. The van der Waals surface area contributed by atoms with Gasteiger partial charge in [0, 0.05) is 11.9 Å². The van der Waals surface area contributed by atoms with Crippen molar-refractivity contribution in [2.45, 2.75) is 19.4 Å². The summed E-state index contributed by atoms with van der Waals surface area (Å²) in [6, 6.07) is 13.2. The van der Waals surface area contributed by atoms with Crippen LogP contribution in [0.2, 0.25) is 0 Å². The predicted molar refractivity (Wildman–Crippen MR) is 105 cm³/mol. The van der Waals surface area contributed by atoms with Gasteiger partial charge in [0.2, 0.25) is 5.88 Å². The van der Waals surface area contributed by atoms with Crippen molar-refractivity contribution in [3.8, 4) is 11.6 Å². The summed E-state index contributed by atoms with van der Waals surface area (Å²) in [6.07, 6.45) is 3.27. The third-order valence-corrected chi connectivity index (χ3v) is 5.53. The van der Waals surface area contributed by atoms with E-state index in [1.807, 2.05) is 41.1 Å². The molecule has 4 aromatic rings. The number of hydrogen-bond acceptors (Lipinski definition) is 5. The van der Waals surface area contributed by atoms with E-state index in [2.05, 4.69) is 31.2 Å². The molecule has 0 N–H and O–H groups in total. The van der Waals surface area contributed by atoms with Crippen molar-refractivity contribution in [3.63, 3.8) is 0 Å². The molecule has 1 fully saturated rings. The number of benzene rings is 2. The third kappa shape index (κ3) is 2.98. The molecule has 0 saturated heterocycles. The van der Waals surface area contributed by atoms with E-state index in [1.165, 1.54) is 12.8 Å². The van der Waals surface area contributed by atoms with E-state index in [9.17, 15) is 4.79 Å². The van der Waals surface area contributed by atoms with Crippen molar-refractivity contribution in [2.24, 2.45) is 5.92 Å². The molecule has 0 amide bonds. The Hall–Kier alpha value is -2.80. The van der Waals surface area contributed by atoms with Gasteiger partial charge in [-0.25, -0.2) is 9.67 Å². The fourth-order valence-electron chi connectivity index (χ4n) is 3.13. The minimum absolute atomic E-state index is 0.272. The standard InChI is InChI=1S/C20H15BrN4O2/c21-18-17(8-7-16-19(18)23-24-25(16)10-12-5-6-12)27-20-14(11-26)9-13-3-1-2-4-15(13)22-20/h1-4,7-9,11-12H,5-6,10H2. The number of para-hydroxylation sites is 1. The number of ether oxygens (including phenoxy) is 1. The number of halogens is 1. The summed E-state index contributed by atoms with van der Waals surface area (Å²) in [6.45, 7) is 0.894. The Morgan fingerprint density at radius 1 is 1.22 bits per heavy atom. The molecule has 0 unspecified atom stereocenters. The lowest BCUT2D eigenvalue weighted by Gasteiger charge is -2.10. The minimum atomic E-state index is 0.272. The van der Waals surface area contributed by atoms with E-state index in [0.29, 0.717) is 21.7 Å². The van der Waals surface area contributed by atoms with E-state index in [4.69, 9.17) is 4.74 Å². The average molecular weight is 423 g/mol. The maximum atomic E-state index is 11.5. The van der Waals surface area contributed by atoms with Gasteiger partial charge >= 0.3 is 0 Å². The lowest BCUT2D eigenvalue weighted by atomic mass is 10.1. The van der Waals surface area contributed by atoms with Gasteiger partial charge < -0.3 is 4.74 Å². The number of nitrogens with zero attached hydrogens (tertiary/aromatic N) is 4. The normalized spacial score (nSPS) is 14.0. The van der Waals surface area contributed by atoms with Crippen LogP contribution >= 0.6 is 15.9 Å². The molecule has 2 aromatic heterocycles. The first-order chi connectivity index (χ1) is 13.2. The van der Waals surface area contributed by atoms with Crippen molar-refractivity contribution >= 4 is 44.2 Å². The maximum Gasteiger partial charge on any atom is 0.230 e. The van der Waals surface area contributed by atoms with Gasteiger partial charge in [-0.15, -0.1) is 5.10 Å². The van der Waals surface area contributed by atoms with Crippen LogP contribution in [0.5, 0.6) is 11.6 Å². The zero-order chi connectivity index (χ0) is 18.4. The lowest BCUT2D eigenvalue weighted by Crippen LogP contribution is -2.01. The highest BCUT2D eigenvalue weighted by molar-refractivity contribution is 9.10. The summed E-state index contributed by atoms with van der Waals surface area (Å²) >= 11 is 3.57. The molecule has 7 heteroatoms. The highest BCUT2D eigenvalue weighted by Crippen LogP contribution is 2.37. The maximum absolute atomic E-state index is 11.5. The van der Waals surface area contributed by atoms with Gasteiger partial charge in [-0.3, -0.25) is 4.79 Å². The van der Waals surface area contributed by atoms with E-state index < -0.39 is 0 Å². The number of hydrogen-bond donors (Lipinski definition) is 0. The molecule has 2 heterocycles. The number of carbonyl (C=O) groups is 1. The quantitative estimate of drug-likeness (QED) is 0.433. The molecule has 0 spiro atoms. The molecule has 0 aliphatic heterocycles. The predicted octanol–water partition coefficient (Wildman–Crippen LogP) is 4.76. The van der Waals surface area contributed by atoms with Crippen LogP contribution in [0.1, 0.15) is 23.2 Å². The van der Waals surface area contributed by atoms with Crippen LogP contribution in [0.25, 0.3) is 21.9 Å². The second-order valence-corrected chi connectivity index (χ2v) is 7.55. The Bertz CT molecular complexity index is 1180. The van der Waals surface area contributed by atoms with Gasteiger partial charge in [0.05, 0.1) is 21.1 Å². The summed E-state index contributed by atoms with van der Waals surface area (Å²) in [5.41, 5.74) is 2.87. The van der Waals surface area contributed by atoms with Gasteiger partial charge in [0.15, 0.2) is 6.29 Å². The number of carbonyl (C=O) groups excluding carboxylic acids is 1. The fraction of sp³-hybridized carbons (Fsp3) is 0.200. The first kappa shape index (κ1) is 16.4. The smallest absolute Gasteiger partial charge is 0.230 e. The van der Waals surface area contributed by atoms with Crippen LogP contribution in [0.3, 0.4) is 0 Å². The molecule has 5 rings (SSSR count). The zero-order valence-electron chi connectivity index (χ0n) is 14.3. The molecule has 1 aliphatic carbocycles. The van der Waals surface area contributed by atoms with E-state index in [1.54, 1.807) is 6.07 Å². The first-order valence-corrected chi connectivity index (χ1v) is 9.57. The van der Waals surface area contributed by atoms with Crippen LogP contribution in [-0.2, 0) is 6.54 Å². The molecule has 6 nitrogen and oxygen atoms in total. The van der Waals surface area contributed by atoms with Gasteiger partial charge in [-0.1, -0.05) is 23.4 Å². The van der Waals surface area contributed by atoms with Crippen molar-refractivity contribution in [1.29, 1.82) is 0 Å². The molecule has 134 valence electrons. The summed E-state index contributed by atoms with van der Waals surface area (Å²) in [5, 5.41) is 9.45. The van der Waals surface area contributed by atoms with E-state index in [-0.39, 0.29) is 5.88 Å². The minimum Gasteiger partial charge on any atom is -0.437 e. The number of aldehydes is 1. The lowest BCUT2D eigenvalue weighted by molar-refractivity contribution is 0.112. The van der Waals surface area contributed by atoms with Gasteiger partial charge in [0.25, 0.3) is 0 Å². The summed E-state index contributed by atoms with van der Waals surface area (Å²) in [7, 11) is 0. The molecule has 27 heavy (non-hydrogen) atoms. The van der Waals surface area contributed by atoms with Gasteiger partial charge in [-0.05, 0) is 59.0 Å². The molecular formula is C20H15BrN4O2. The van der Waals surface area contributed by atoms with Crippen LogP contribution < -0.4 is 4.74 Å².